The predicted molar refractivity (Wildman–Crippen MR) is 104 cm³/mol. The number of nitrogens with one attached hydrogen (secondary N) is 2. The number of pyridine rings is 1. The van der Waals surface area contributed by atoms with Crippen LogP contribution in [0.5, 0.6) is 5.88 Å². The molecule has 1 aromatic rings. The molecule has 0 radical (unpaired) electrons. The van der Waals surface area contributed by atoms with E-state index < -0.39 is 0 Å². The maximum absolute atomic E-state index is 11.6. The Bertz CT molecular complexity index is 593. The van der Waals surface area contributed by atoms with E-state index in [1.165, 1.54) is 0 Å². The minimum absolute atomic E-state index is 0.110. The average molecular weight is 364 g/mol. The van der Waals surface area contributed by atoms with E-state index in [4.69, 9.17) is 9.47 Å². The molecule has 2 N–H and O–H groups in total. The van der Waals surface area contributed by atoms with Crippen LogP contribution in [0.15, 0.2) is 12.1 Å². The molecule has 7 heteroatoms. The number of piperidine rings is 1. The molecular formula is C19H32N4O3. The largest absolute Gasteiger partial charge is 0.481 e. The summed E-state index contributed by atoms with van der Waals surface area (Å²) in [7, 11) is 1.60. The quantitative estimate of drug-likeness (QED) is 0.721. The zero-order valence-electron chi connectivity index (χ0n) is 16.6. The molecule has 26 heavy (non-hydrogen) atoms. The van der Waals surface area contributed by atoms with Crippen LogP contribution >= 0.6 is 0 Å². The maximum Gasteiger partial charge on any atom is 0.325 e. The number of carbonyl (C=O) groups is 1. The lowest BCUT2D eigenvalue weighted by Gasteiger charge is -2.41. The van der Waals surface area contributed by atoms with Gasteiger partial charge in [0.05, 0.1) is 19.4 Å². The van der Waals surface area contributed by atoms with Crippen LogP contribution in [-0.4, -0.2) is 60.8 Å². The summed E-state index contributed by atoms with van der Waals surface area (Å²) >= 11 is 0. The fraction of sp³-hybridized carbons (Fsp3) is 0.684. The highest BCUT2D eigenvalue weighted by Gasteiger charge is 2.27. The fourth-order valence-electron chi connectivity index (χ4n) is 3.08. The van der Waals surface area contributed by atoms with Crippen LogP contribution in [0.25, 0.3) is 0 Å². The van der Waals surface area contributed by atoms with Crippen molar-refractivity contribution in [3.05, 3.63) is 12.1 Å². The maximum atomic E-state index is 11.6. The second-order valence-electron chi connectivity index (χ2n) is 7.48. The Hall–Kier alpha value is -2.02. The van der Waals surface area contributed by atoms with Crippen LogP contribution < -0.4 is 15.4 Å². The van der Waals surface area contributed by atoms with Gasteiger partial charge >= 0.3 is 5.97 Å². The molecule has 2 rings (SSSR count). The smallest absolute Gasteiger partial charge is 0.325 e. The first-order chi connectivity index (χ1) is 12.3. The Kier molecular flexibility index (Phi) is 7.08. The van der Waals surface area contributed by atoms with Crippen LogP contribution in [0.1, 0.15) is 40.5 Å². The second-order valence-corrected chi connectivity index (χ2v) is 7.48. The van der Waals surface area contributed by atoms with E-state index in [0.717, 1.165) is 31.6 Å². The Balaban J connectivity index is 2.01. The second kappa shape index (κ2) is 9.07. The van der Waals surface area contributed by atoms with Crippen molar-refractivity contribution in [3.8, 4) is 5.88 Å². The van der Waals surface area contributed by atoms with Crippen molar-refractivity contribution in [3.63, 3.8) is 0 Å². The van der Waals surface area contributed by atoms with Crippen LogP contribution in [-0.2, 0) is 9.53 Å². The van der Waals surface area contributed by atoms with Crippen molar-refractivity contribution in [1.82, 2.24) is 9.88 Å². The monoisotopic (exact) mass is 364 g/mol. The molecule has 0 amide bonds. The van der Waals surface area contributed by atoms with E-state index in [-0.39, 0.29) is 18.1 Å². The van der Waals surface area contributed by atoms with Crippen LogP contribution in [0.3, 0.4) is 0 Å². The van der Waals surface area contributed by atoms with E-state index in [0.29, 0.717) is 24.3 Å². The van der Waals surface area contributed by atoms with Gasteiger partial charge in [-0.2, -0.15) is 4.98 Å². The van der Waals surface area contributed by atoms with Crippen LogP contribution in [0.4, 0.5) is 11.5 Å². The number of carbonyl (C=O) groups excluding carboxylic acids is 1. The molecule has 0 spiro atoms. The molecule has 1 fully saturated rings. The Morgan fingerprint density at radius 2 is 2.00 bits per heavy atom. The summed E-state index contributed by atoms with van der Waals surface area (Å²) in [5, 5.41) is 6.63. The lowest BCUT2D eigenvalue weighted by Crippen LogP contribution is -2.48. The highest BCUT2D eigenvalue weighted by Crippen LogP contribution is 2.27. The molecule has 0 saturated carbocycles. The highest BCUT2D eigenvalue weighted by molar-refractivity contribution is 5.77. The van der Waals surface area contributed by atoms with Crippen molar-refractivity contribution in [1.29, 1.82) is 0 Å². The number of anilines is 2. The summed E-state index contributed by atoms with van der Waals surface area (Å²) in [5.74, 6) is 0.969. The standard InChI is InChI=1S/C19H32N4O3/c1-6-26-17(24)13-20-15-7-8-16(25-5)22-18(15)21-14-9-11-23(12-10-14)19(2,3)4/h7-8,14,20H,6,9-13H2,1-5H3,(H,21,22). The first-order valence-corrected chi connectivity index (χ1v) is 9.29. The summed E-state index contributed by atoms with van der Waals surface area (Å²) in [6.07, 6.45) is 2.10. The Labute approximate surface area is 156 Å². The van der Waals surface area contributed by atoms with Gasteiger partial charge in [0.2, 0.25) is 5.88 Å². The van der Waals surface area contributed by atoms with E-state index >= 15 is 0 Å². The third-order valence-electron chi connectivity index (χ3n) is 4.59. The average Bonchev–Trinajstić information content (AvgIpc) is 2.60. The molecule has 0 bridgehead atoms. The fourth-order valence-corrected chi connectivity index (χ4v) is 3.08. The van der Waals surface area contributed by atoms with E-state index in [2.05, 4.69) is 41.3 Å². The molecular weight excluding hydrogens is 332 g/mol. The number of ether oxygens (including phenoxy) is 2. The van der Waals surface area contributed by atoms with Gasteiger partial charge in [0.25, 0.3) is 0 Å². The van der Waals surface area contributed by atoms with Gasteiger partial charge in [0.1, 0.15) is 6.54 Å². The molecule has 0 unspecified atom stereocenters. The first-order valence-electron chi connectivity index (χ1n) is 9.29. The minimum Gasteiger partial charge on any atom is -0.481 e. The zero-order chi connectivity index (χ0) is 19.2. The van der Waals surface area contributed by atoms with E-state index in [1.807, 2.05) is 6.07 Å². The summed E-state index contributed by atoms with van der Waals surface area (Å²) in [5.41, 5.74) is 0.975. The molecule has 0 aromatic carbocycles. The van der Waals surface area contributed by atoms with Gasteiger partial charge in [-0.3, -0.25) is 9.69 Å². The predicted octanol–water partition coefficient (Wildman–Crippen LogP) is 2.74. The Morgan fingerprint density at radius 1 is 1.31 bits per heavy atom. The van der Waals surface area contributed by atoms with Crippen LogP contribution in [0, 0.1) is 0 Å². The van der Waals surface area contributed by atoms with E-state index in [9.17, 15) is 4.79 Å². The molecule has 146 valence electrons. The lowest BCUT2D eigenvalue weighted by molar-refractivity contribution is -0.140. The highest BCUT2D eigenvalue weighted by atomic mass is 16.5. The van der Waals surface area contributed by atoms with Gasteiger partial charge in [-0.05, 0) is 46.6 Å². The van der Waals surface area contributed by atoms with Crippen molar-refractivity contribution < 1.29 is 14.3 Å². The van der Waals surface area contributed by atoms with Gasteiger partial charge < -0.3 is 20.1 Å². The number of hydrogen-bond donors (Lipinski definition) is 2. The topological polar surface area (TPSA) is 75.7 Å². The number of rotatable bonds is 7. The Morgan fingerprint density at radius 3 is 2.58 bits per heavy atom. The molecule has 2 heterocycles. The van der Waals surface area contributed by atoms with Gasteiger partial charge in [-0.1, -0.05) is 0 Å². The number of likely N-dealkylation sites (tertiary alicyclic amines) is 1. The van der Waals surface area contributed by atoms with Crippen molar-refractivity contribution in [2.45, 2.75) is 52.1 Å². The van der Waals surface area contributed by atoms with Gasteiger partial charge in [-0.25, -0.2) is 0 Å². The molecule has 7 nitrogen and oxygen atoms in total. The lowest BCUT2D eigenvalue weighted by atomic mass is 9.98. The number of methoxy groups -OCH3 is 1. The van der Waals surface area contributed by atoms with Crippen LogP contribution in [0.2, 0.25) is 0 Å². The minimum atomic E-state index is -0.284. The summed E-state index contributed by atoms with van der Waals surface area (Å²) in [6, 6.07) is 4.00. The molecule has 1 aliphatic rings. The van der Waals surface area contributed by atoms with Gasteiger partial charge in [-0.15, -0.1) is 0 Å². The van der Waals surface area contributed by atoms with Crippen molar-refractivity contribution in [2.75, 3.05) is 44.0 Å². The first kappa shape index (κ1) is 20.3. The molecule has 1 saturated heterocycles. The van der Waals surface area contributed by atoms with E-state index in [1.54, 1.807) is 20.1 Å². The van der Waals surface area contributed by atoms with Gasteiger partial charge in [0, 0.05) is 30.7 Å². The van der Waals surface area contributed by atoms with Crippen molar-refractivity contribution >= 4 is 17.5 Å². The number of esters is 1. The summed E-state index contributed by atoms with van der Waals surface area (Å²) < 4.78 is 10.2. The third kappa shape index (κ3) is 5.76. The molecule has 0 aliphatic carbocycles. The number of hydrogen-bond acceptors (Lipinski definition) is 7. The summed E-state index contributed by atoms with van der Waals surface area (Å²) in [4.78, 5) is 18.6. The summed E-state index contributed by atoms with van der Waals surface area (Å²) in [6.45, 7) is 11.1. The number of nitrogens with zero attached hydrogens (tertiary/aromatic N) is 2. The third-order valence-corrected chi connectivity index (χ3v) is 4.59. The normalized spacial score (nSPS) is 16.2. The van der Waals surface area contributed by atoms with Gasteiger partial charge in [0.15, 0.2) is 5.82 Å². The SMILES string of the molecule is CCOC(=O)CNc1ccc(OC)nc1NC1CCN(C(C)(C)C)CC1. The molecule has 0 atom stereocenters. The molecule has 1 aromatic heterocycles. The zero-order valence-corrected chi connectivity index (χ0v) is 16.6. The van der Waals surface area contributed by atoms with Crippen molar-refractivity contribution in [2.24, 2.45) is 0 Å². The number of aromatic nitrogens is 1. The molecule has 1 aliphatic heterocycles.